The Morgan fingerprint density at radius 2 is 1.79 bits per heavy atom. The molecule has 4 heteroatoms. The molecule has 0 bridgehead atoms. The van der Waals surface area contributed by atoms with Crippen molar-refractivity contribution in [2.75, 3.05) is 13.7 Å². The van der Waals surface area contributed by atoms with Crippen LogP contribution in [0.5, 0.6) is 0 Å². The predicted molar refractivity (Wildman–Crippen MR) is 93.7 cm³/mol. The van der Waals surface area contributed by atoms with Crippen molar-refractivity contribution in [2.24, 2.45) is 0 Å². The van der Waals surface area contributed by atoms with Crippen LogP contribution < -0.4 is 0 Å². The van der Waals surface area contributed by atoms with Gasteiger partial charge in [-0.2, -0.15) is 0 Å². The summed E-state index contributed by atoms with van der Waals surface area (Å²) in [7, 11) is 1.38. The Bertz CT molecular complexity index is 633. The number of benzene rings is 1. The van der Waals surface area contributed by atoms with E-state index in [0.29, 0.717) is 17.9 Å². The highest BCUT2D eigenvalue weighted by atomic mass is 16.6. The summed E-state index contributed by atoms with van der Waals surface area (Å²) in [5.41, 5.74) is 2.01. The van der Waals surface area contributed by atoms with Crippen molar-refractivity contribution in [3.05, 3.63) is 46.7 Å². The average molecular weight is 332 g/mol. The molecule has 0 amide bonds. The number of ether oxygens (including phenoxy) is 3. The van der Waals surface area contributed by atoms with E-state index in [1.54, 1.807) is 0 Å². The highest BCUT2D eigenvalue weighted by Gasteiger charge is 2.46. The molecule has 0 radical (unpaired) electrons. The summed E-state index contributed by atoms with van der Waals surface area (Å²) in [5.74, 6) is 0.149. The van der Waals surface area contributed by atoms with Gasteiger partial charge in [-0.15, -0.1) is 0 Å². The minimum Gasteiger partial charge on any atom is -0.494 e. The van der Waals surface area contributed by atoms with Gasteiger partial charge in [-0.05, 0) is 37.3 Å². The van der Waals surface area contributed by atoms with Crippen molar-refractivity contribution >= 4 is 5.97 Å². The highest BCUT2D eigenvalue weighted by molar-refractivity contribution is 5.91. The van der Waals surface area contributed by atoms with Crippen LogP contribution >= 0.6 is 0 Å². The van der Waals surface area contributed by atoms with Gasteiger partial charge in [-0.3, -0.25) is 0 Å². The molecule has 0 aliphatic carbocycles. The summed E-state index contributed by atoms with van der Waals surface area (Å²) in [4.78, 5) is 12.4. The third-order valence-corrected chi connectivity index (χ3v) is 4.24. The van der Waals surface area contributed by atoms with Crippen molar-refractivity contribution in [2.45, 2.75) is 58.7 Å². The quantitative estimate of drug-likeness (QED) is 0.771. The van der Waals surface area contributed by atoms with E-state index in [2.05, 4.69) is 32.9 Å². The Labute approximate surface area is 144 Å². The Kier molecular flexibility index (Phi) is 5.09. The van der Waals surface area contributed by atoms with Crippen molar-refractivity contribution < 1.29 is 19.0 Å². The van der Waals surface area contributed by atoms with Crippen LogP contribution in [0.3, 0.4) is 0 Å². The van der Waals surface area contributed by atoms with Crippen LogP contribution in [0.15, 0.2) is 35.6 Å². The molecule has 4 nitrogen and oxygen atoms in total. The minimum absolute atomic E-state index is 0.0752. The van der Waals surface area contributed by atoms with Gasteiger partial charge in [0.05, 0.1) is 13.7 Å². The van der Waals surface area contributed by atoms with E-state index < -0.39 is 17.7 Å². The molecule has 0 fully saturated rings. The van der Waals surface area contributed by atoms with Gasteiger partial charge in [-0.1, -0.05) is 45.0 Å². The second-order valence-corrected chi connectivity index (χ2v) is 7.55. The first-order valence-electron chi connectivity index (χ1n) is 8.35. The lowest BCUT2D eigenvalue weighted by atomic mass is 9.86. The van der Waals surface area contributed by atoms with Gasteiger partial charge in [0.1, 0.15) is 23.0 Å². The number of hydrogen-bond acceptors (Lipinski definition) is 4. The summed E-state index contributed by atoms with van der Waals surface area (Å²) in [6.45, 7) is 12.7. The average Bonchev–Trinajstić information content (AvgIpc) is 2.78. The number of rotatable bonds is 4. The summed E-state index contributed by atoms with van der Waals surface area (Å²) < 4.78 is 16.9. The number of carbonyl (C=O) groups is 1. The van der Waals surface area contributed by atoms with Crippen molar-refractivity contribution in [3.8, 4) is 0 Å². The second kappa shape index (κ2) is 6.60. The van der Waals surface area contributed by atoms with Crippen LogP contribution in [0.4, 0.5) is 0 Å². The SMILES string of the molecule is CCOC1=C(C(=O)OC)[C@H](c2ccc(C(C)(C)C)cc2)OC1(C)C. The molecule has 0 unspecified atom stereocenters. The van der Waals surface area contributed by atoms with Crippen LogP contribution in [-0.2, 0) is 24.4 Å². The summed E-state index contributed by atoms with van der Waals surface area (Å²) in [6.07, 6.45) is -0.483. The van der Waals surface area contributed by atoms with E-state index in [1.165, 1.54) is 12.7 Å². The van der Waals surface area contributed by atoms with E-state index in [9.17, 15) is 4.79 Å². The number of carbonyl (C=O) groups excluding carboxylic acids is 1. The zero-order chi connectivity index (χ0) is 18.1. The van der Waals surface area contributed by atoms with E-state index >= 15 is 0 Å². The molecule has 0 saturated carbocycles. The lowest BCUT2D eigenvalue weighted by Crippen LogP contribution is -2.24. The maximum atomic E-state index is 12.4. The first kappa shape index (κ1) is 18.5. The second-order valence-electron chi connectivity index (χ2n) is 7.55. The zero-order valence-corrected chi connectivity index (χ0v) is 15.7. The standard InChI is InChI=1S/C20H28O4/c1-8-23-17-15(18(21)22-7)16(24-20(17,5)6)13-9-11-14(12-10-13)19(2,3)4/h9-12,16H,8H2,1-7H3/t16-/m0/s1. The van der Waals surface area contributed by atoms with Gasteiger partial charge >= 0.3 is 5.97 Å². The van der Waals surface area contributed by atoms with E-state index in [0.717, 1.165) is 5.56 Å². The lowest BCUT2D eigenvalue weighted by Gasteiger charge is -2.24. The van der Waals surface area contributed by atoms with Crippen LogP contribution in [0.25, 0.3) is 0 Å². The molecule has 0 N–H and O–H groups in total. The molecule has 0 saturated heterocycles. The van der Waals surface area contributed by atoms with Crippen LogP contribution in [0.2, 0.25) is 0 Å². The van der Waals surface area contributed by atoms with E-state index in [4.69, 9.17) is 14.2 Å². The molecular formula is C20H28O4. The molecule has 1 atom stereocenters. The largest absolute Gasteiger partial charge is 0.494 e. The lowest BCUT2D eigenvalue weighted by molar-refractivity contribution is -0.137. The Morgan fingerprint density at radius 1 is 1.21 bits per heavy atom. The molecule has 1 aromatic rings. The smallest absolute Gasteiger partial charge is 0.340 e. The Balaban J connectivity index is 2.47. The normalized spacial score (nSPS) is 20.2. The zero-order valence-electron chi connectivity index (χ0n) is 15.7. The number of esters is 1. The maximum absolute atomic E-state index is 12.4. The van der Waals surface area contributed by atoms with Gasteiger partial charge in [0.15, 0.2) is 0 Å². The summed E-state index contributed by atoms with van der Waals surface area (Å²) in [5, 5.41) is 0. The molecule has 1 aliphatic heterocycles. The van der Waals surface area contributed by atoms with Gasteiger partial charge in [0, 0.05) is 0 Å². The minimum atomic E-state index is -0.674. The van der Waals surface area contributed by atoms with Crippen LogP contribution in [-0.4, -0.2) is 25.3 Å². The number of methoxy groups -OCH3 is 1. The van der Waals surface area contributed by atoms with E-state index in [-0.39, 0.29) is 5.41 Å². The topological polar surface area (TPSA) is 44.8 Å². The fourth-order valence-electron chi connectivity index (χ4n) is 2.95. The fourth-order valence-corrected chi connectivity index (χ4v) is 2.95. The summed E-state index contributed by atoms with van der Waals surface area (Å²) >= 11 is 0. The van der Waals surface area contributed by atoms with Gasteiger partial charge in [0.2, 0.25) is 0 Å². The molecule has 1 aromatic carbocycles. The Hall–Kier alpha value is -1.81. The maximum Gasteiger partial charge on any atom is 0.340 e. The van der Waals surface area contributed by atoms with Gasteiger partial charge in [-0.25, -0.2) is 4.79 Å². The summed E-state index contributed by atoms with van der Waals surface area (Å²) in [6, 6.07) is 8.19. The molecule has 0 aromatic heterocycles. The third-order valence-electron chi connectivity index (χ3n) is 4.24. The molecule has 1 heterocycles. The highest BCUT2D eigenvalue weighted by Crippen LogP contribution is 2.45. The first-order valence-corrected chi connectivity index (χ1v) is 8.35. The van der Waals surface area contributed by atoms with Gasteiger partial charge < -0.3 is 14.2 Å². The van der Waals surface area contributed by atoms with Crippen molar-refractivity contribution in [3.63, 3.8) is 0 Å². The predicted octanol–water partition coefficient (Wildman–Crippen LogP) is 4.30. The van der Waals surface area contributed by atoms with Gasteiger partial charge in [0.25, 0.3) is 0 Å². The van der Waals surface area contributed by atoms with Crippen molar-refractivity contribution in [1.82, 2.24) is 0 Å². The van der Waals surface area contributed by atoms with Crippen LogP contribution in [0, 0.1) is 0 Å². The Morgan fingerprint density at radius 3 is 2.25 bits per heavy atom. The molecule has 132 valence electrons. The molecule has 1 aliphatic rings. The molecular weight excluding hydrogens is 304 g/mol. The fraction of sp³-hybridized carbons (Fsp3) is 0.550. The van der Waals surface area contributed by atoms with Crippen molar-refractivity contribution in [1.29, 1.82) is 0 Å². The first-order chi connectivity index (χ1) is 11.1. The molecule has 0 spiro atoms. The third kappa shape index (κ3) is 3.48. The van der Waals surface area contributed by atoms with Crippen LogP contribution in [0.1, 0.15) is 58.8 Å². The molecule has 24 heavy (non-hydrogen) atoms. The number of hydrogen-bond donors (Lipinski definition) is 0. The molecule has 2 rings (SSSR count). The monoisotopic (exact) mass is 332 g/mol. The van der Waals surface area contributed by atoms with E-state index in [1.807, 2.05) is 32.9 Å².